The number of anilines is 1. The maximum Gasteiger partial charge on any atom is 0.495 e. The van der Waals surface area contributed by atoms with Crippen molar-refractivity contribution in [1.29, 1.82) is 0 Å². The lowest BCUT2D eigenvalue weighted by atomic mass is 9.77. The zero-order chi connectivity index (χ0) is 24.7. The van der Waals surface area contributed by atoms with Crippen LogP contribution in [0.15, 0.2) is 23.4 Å². The lowest BCUT2D eigenvalue weighted by Gasteiger charge is -2.32. The molecule has 0 N–H and O–H groups in total. The molecule has 1 fully saturated rings. The molecule has 0 unspecified atom stereocenters. The van der Waals surface area contributed by atoms with Crippen LogP contribution in [-0.2, 0) is 33.1 Å². The smallest absolute Gasteiger partial charge is 0.466 e. The summed E-state index contributed by atoms with van der Waals surface area (Å²) in [6, 6.07) is 3.03. The molecule has 11 nitrogen and oxygen atoms in total. The van der Waals surface area contributed by atoms with Gasteiger partial charge in [0.05, 0.1) is 42.5 Å². The van der Waals surface area contributed by atoms with E-state index in [-0.39, 0.29) is 36.0 Å². The molecule has 0 radical (unpaired) electrons. The highest BCUT2D eigenvalue weighted by Gasteiger charge is 2.52. The minimum atomic E-state index is -0.845. The molecule has 1 saturated heterocycles. The highest BCUT2D eigenvalue weighted by molar-refractivity contribution is 6.62. The number of esters is 2. The Morgan fingerprint density at radius 2 is 1.67 bits per heavy atom. The quantitative estimate of drug-likeness (QED) is 0.276. The molecule has 12 heteroatoms. The van der Waals surface area contributed by atoms with E-state index in [9.17, 15) is 19.7 Å². The minimum absolute atomic E-state index is 0.0850. The van der Waals surface area contributed by atoms with E-state index in [0.717, 1.165) is 14.2 Å². The Labute approximate surface area is 191 Å². The molecule has 2 heterocycles. The van der Waals surface area contributed by atoms with Crippen molar-refractivity contribution >= 4 is 35.9 Å². The monoisotopic (exact) mass is 462 g/mol. The van der Waals surface area contributed by atoms with E-state index >= 15 is 0 Å². The number of carbonyl (C=O) groups excluding carboxylic acids is 2. The predicted molar refractivity (Wildman–Crippen MR) is 118 cm³/mol. The summed E-state index contributed by atoms with van der Waals surface area (Å²) in [4.78, 5) is 37.6. The molecule has 33 heavy (non-hydrogen) atoms. The molecule has 0 bridgehead atoms. The summed E-state index contributed by atoms with van der Waals surface area (Å²) in [6.45, 7) is 8.78. The summed E-state index contributed by atoms with van der Waals surface area (Å²) in [5.74, 6) is -1.64. The first-order valence-corrected chi connectivity index (χ1v) is 10.2. The standard InChI is InChI=1S/C21H27BN2O9/c1-12-8-13(22-32-20(2,3)21(4,5)33-22)9-15(24(27)28)16(12)23-11-31-10-14(18(25)29-6)17(23)19(26)30-7/h8-9H,10-11H2,1-7H3. The van der Waals surface area contributed by atoms with Gasteiger partial charge in [-0.2, -0.15) is 0 Å². The molecule has 2 aliphatic rings. The van der Waals surface area contributed by atoms with Gasteiger partial charge in [-0.25, -0.2) is 9.59 Å². The number of methoxy groups -OCH3 is 2. The van der Waals surface area contributed by atoms with Gasteiger partial charge >= 0.3 is 19.1 Å². The van der Waals surface area contributed by atoms with Crippen LogP contribution in [0.2, 0.25) is 0 Å². The average Bonchev–Trinajstić information content (AvgIpc) is 2.98. The fraction of sp³-hybridized carbons (Fsp3) is 0.524. The molecule has 2 aliphatic heterocycles. The number of benzene rings is 1. The highest BCUT2D eigenvalue weighted by atomic mass is 16.7. The molecule has 0 aromatic heterocycles. The van der Waals surface area contributed by atoms with E-state index in [0.29, 0.717) is 11.0 Å². The van der Waals surface area contributed by atoms with Crippen molar-refractivity contribution in [3.05, 3.63) is 39.1 Å². The summed E-state index contributed by atoms with van der Waals surface area (Å²) >= 11 is 0. The van der Waals surface area contributed by atoms with Crippen LogP contribution >= 0.6 is 0 Å². The molecular formula is C21H27BN2O9. The van der Waals surface area contributed by atoms with Gasteiger partial charge in [-0.15, -0.1) is 0 Å². The lowest BCUT2D eigenvalue weighted by Crippen LogP contribution is -2.41. The molecule has 3 rings (SSSR count). The second-order valence-electron chi connectivity index (χ2n) is 8.77. The summed E-state index contributed by atoms with van der Waals surface area (Å²) in [6.07, 6.45) is 0. The third-order valence-electron chi connectivity index (χ3n) is 6.13. The predicted octanol–water partition coefficient (Wildman–Crippen LogP) is 1.60. The molecule has 178 valence electrons. The Balaban J connectivity index is 2.16. The zero-order valence-corrected chi connectivity index (χ0v) is 19.7. The topological polar surface area (TPSA) is 127 Å². The van der Waals surface area contributed by atoms with E-state index in [1.165, 1.54) is 11.0 Å². The van der Waals surface area contributed by atoms with Gasteiger partial charge in [0.25, 0.3) is 5.69 Å². The first-order chi connectivity index (χ1) is 15.3. The minimum Gasteiger partial charge on any atom is -0.466 e. The number of ether oxygens (including phenoxy) is 3. The SMILES string of the molecule is COC(=O)C1=C(C(=O)OC)N(c2c(C)cc(B3OC(C)(C)C(C)(C)O3)cc2[N+](=O)[O-])COC1. The molecule has 0 atom stereocenters. The Bertz CT molecular complexity index is 1020. The van der Waals surface area contributed by atoms with Crippen LogP contribution < -0.4 is 10.4 Å². The van der Waals surface area contributed by atoms with E-state index in [1.54, 1.807) is 13.0 Å². The van der Waals surface area contributed by atoms with Gasteiger partial charge in [0.15, 0.2) is 0 Å². The third-order valence-corrected chi connectivity index (χ3v) is 6.13. The molecular weight excluding hydrogens is 435 g/mol. The zero-order valence-electron chi connectivity index (χ0n) is 19.7. The van der Waals surface area contributed by atoms with Gasteiger partial charge in [0.2, 0.25) is 0 Å². The van der Waals surface area contributed by atoms with E-state index in [1.807, 2.05) is 27.7 Å². The first-order valence-electron chi connectivity index (χ1n) is 10.2. The van der Waals surface area contributed by atoms with Crippen LogP contribution in [0.1, 0.15) is 33.3 Å². The number of nitro groups is 1. The van der Waals surface area contributed by atoms with Crippen LogP contribution in [0, 0.1) is 17.0 Å². The Hall–Kier alpha value is -2.96. The van der Waals surface area contributed by atoms with E-state index in [2.05, 4.69) is 0 Å². The van der Waals surface area contributed by atoms with Crippen LogP contribution in [0.3, 0.4) is 0 Å². The van der Waals surface area contributed by atoms with Gasteiger partial charge in [0.1, 0.15) is 18.1 Å². The molecule has 0 amide bonds. The fourth-order valence-corrected chi connectivity index (χ4v) is 3.71. The average molecular weight is 462 g/mol. The van der Waals surface area contributed by atoms with Gasteiger partial charge in [-0.1, -0.05) is 6.07 Å². The van der Waals surface area contributed by atoms with Crippen molar-refractivity contribution in [1.82, 2.24) is 0 Å². The fourth-order valence-electron chi connectivity index (χ4n) is 3.71. The Morgan fingerprint density at radius 3 is 2.18 bits per heavy atom. The second-order valence-corrected chi connectivity index (χ2v) is 8.77. The van der Waals surface area contributed by atoms with Gasteiger partial charge in [-0.05, 0) is 45.6 Å². The molecule has 0 saturated carbocycles. The number of carbonyl (C=O) groups is 2. The Kier molecular flexibility index (Phi) is 6.56. The first kappa shape index (κ1) is 24.7. The molecule has 1 aromatic rings. The van der Waals surface area contributed by atoms with Crippen molar-refractivity contribution in [2.45, 2.75) is 45.8 Å². The number of nitrogens with zero attached hydrogens (tertiary/aromatic N) is 2. The van der Waals surface area contributed by atoms with Crippen LogP contribution in [-0.4, -0.2) is 62.7 Å². The molecule has 0 spiro atoms. The highest BCUT2D eigenvalue weighted by Crippen LogP contribution is 2.39. The maximum atomic E-state index is 12.6. The number of rotatable bonds is 5. The molecule has 0 aliphatic carbocycles. The molecule has 1 aromatic carbocycles. The maximum absolute atomic E-state index is 12.6. The largest absolute Gasteiger partial charge is 0.495 e. The van der Waals surface area contributed by atoms with Gasteiger partial charge in [0, 0.05) is 6.07 Å². The summed E-state index contributed by atoms with van der Waals surface area (Å²) < 4.78 is 27.1. The van der Waals surface area contributed by atoms with Crippen molar-refractivity contribution < 1.29 is 38.0 Å². The van der Waals surface area contributed by atoms with Crippen molar-refractivity contribution in [2.24, 2.45) is 0 Å². The summed E-state index contributed by atoms with van der Waals surface area (Å²) in [5.41, 5.74) is -0.852. The third kappa shape index (κ3) is 4.33. The van der Waals surface area contributed by atoms with E-state index in [4.69, 9.17) is 23.5 Å². The van der Waals surface area contributed by atoms with Crippen LogP contribution in [0.4, 0.5) is 11.4 Å². The summed E-state index contributed by atoms with van der Waals surface area (Å²) in [5, 5.41) is 12.1. The van der Waals surface area contributed by atoms with Crippen molar-refractivity contribution in [2.75, 3.05) is 32.5 Å². The normalized spacial score (nSPS) is 19.5. The Morgan fingerprint density at radius 1 is 1.09 bits per heavy atom. The van der Waals surface area contributed by atoms with Crippen LogP contribution in [0.25, 0.3) is 0 Å². The van der Waals surface area contributed by atoms with Crippen molar-refractivity contribution in [3.8, 4) is 0 Å². The van der Waals surface area contributed by atoms with E-state index < -0.39 is 35.2 Å². The second kappa shape index (κ2) is 8.77. The van der Waals surface area contributed by atoms with Gasteiger partial charge in [-0.3, -0.25) is 10.1 Å². The number of hydrogen-bond acceptors (Lipinski definition) is 10. The number of nitro benzene ring substituents is 1. The summed E-state index contributed by atoms with van der Waals surface area (Å²) in [7, 11) is 1.50. The number of hydrogen-bond donors (Lipinski definition) is 0. The van der Waals surface area contributed by atoms with Crippen molar-refractivity contribution in [3.63, 3.8) is 0 Å². The number of aryl methyl sites for hydroxylation is 1. The van der Waals surface area contributed by atoms with Gasteiger partial charge < -0.3 is 28.4 Å². The van der Waals surface area contributed by atoms with Crippen LogP contribution in [0.5, 0.6) is 0 Å². The lowest BCUT2D eigenvalue weighted by molar-refractivity contribution is -0.384.